The summed E-state index contributed by atoms with van der Waals surface area (Å²) in [7, 11) is 3.87. The van der Waals surface area contributed by atoms with Gasteiger partial charge in [-0.2, -0.15) is 0 Å². The maximum absolute atomic E-state index is 10.2. The van der Waals surface area contributed by atoms with E-state index in [4.69, 9.17) is 0 Å². The minimum absolute atomic E-state index is 0.683. The number of amides is 1. The number of carbonyl (C=O) groups excluding carboxylic acids is 1. The fourth-order valence-corrected chi connectivity index (χ4v) is 1.05. The van der Waals surface area contributed by atoms with Crippen LogP contribution < -0.4 is 10.2 Å². The molecule has 0 saturated heterocycles. The van der Waals surface area contributed by atoms with Crippen LogP contribution in [0.5, 0.6) is 0 Å². The summed E-state index contributed by atoms with van der Waals surface area (Å²) in [4.78, 5) is 12.2. The van der Waals surface area contributed by atoms with E-state index >= 15 is 0 Å². The van der Waals surface area contributed by atoms with Crippen molar-refractivity contribution < 1.29 is 4.79 Å². The van der Waals surface area contributed by atoms with Gasteiger partial charge in [0, 0.05) is 14.1 Å². The number of carbonyl (C=O) groups is 1. The van der Waals surface area contributed by atoms with Crippen molar-refractivity contribution >= 4 is 17.8 Å². The Morgan fingerprint density at radius 3 is 2.29 bits per heavy atom. The highest BCUT2D eigenvalue weighted by atomic mass is 16.1. The molecule has 0 spiro atoms. The first-order valence-corrected chi connectivity index (χ1v) is 4.72. The van der Waals surface area contributed by atoms with Crippen LogP contribution in [0.15, 0.2) is 24.3 Å². The Labute approximate surface area is 85.7 Å². The maximum Gasteiger partial charge on any atom is 0.211 e. The quantitative estimate of drug-likeness (QED) is 0.749. The van der Waals surface area contributed by atoms with Gasteiger partial charge in [-0.05, 0) is 12.1 Å². The molecule has 1 aromatic carbocycles. The lowest BCUT2D eigenvalue weighted by Crippen LogP contribution is -2.11. The van der Waals surface area contributed by atoms with Gasteiger partial charge in [0.2, 0.25) is 6.41 Å². The Morgan fingerprint density at radius 2 is 1.79 bits per heavy atom. The predicted octanol–water partition coefficient (Wildman–Crippen LogP) is 2.35. The molecule has 78 valence electrons. The SMILES string of the molecule is CC.CN(C)c1ccccc1NC=O. The van der Waals surface area contributed by atoms with Crippen LogP contribution in [0, 0.1) is 0 Å². The Balaban J connectivity index is 0.000000791. The second-order valence-corrected chi connectivity index (χ2v) is 2.67. The topological polar surface area (TPSA) is 32.3 Å². The average molecular weight is 194 g/mol. The van der Waals surface area contributed by atoms with Gasteiger partial charge < -0.3 is 10.2 Å². The summed E-state index contributed by atoms with van der Waals surface area (Å²) in [5.74, 6) is 0. The molecule has 1 aromatic rings. The molecular weight excluding hydrogens is 176 g/mol. The summed E-state index contributed by atoms with van der Waals surface area (Å²) in [6.07, 6.45) is 0.683. The van der Waals surface area contributed by atoms with Gasteiger partial charge in [0.15, 0.2) is 0 Å². The first kappa shape index (κ1) is 12.5. The van der Waals surface area contributed by atoms with E-state index in [1.165, 1.54) is 0 Å². The zero-order valence-electron chi connectivity index (χ0n) is 9.24. The first-order chi connectivity index (χ1) is 6.75. The summed E-state index contributed by atoms with van der Waals surface area (Å²) in [5.41, 5.74) is 1.84. The summed E-state index contributed by atoms with van der Waals surface area (Å²) < 4.78 is 0. The zero-order valence-corrected chi connectivity index (χ0v) is 9.24. The van der Waals surface area contributed by atoms with E-state index in [1.807, 2.05) is 57.1 Å². The molecule has 1 amide bonds. The molecule has 0 radical (unpaired) electrons. The van der Waals surface area contributed by atoms with E-state index in [9.17, 15) is 4.79 Å². The minimum Gasteiger partial charge on any atom is -0.376 e. The third-order valence-corrected chi connectivity index (χ3v) is 1.60. The fourth-order valence-electron chi connectivity index (χ4n) is 1.05. The van der Waals surface area contributed by atoms with Gasteiger partial charge in [-0.15, -0.1) is 0 Å². The van der Waals surface area contributed by atoms with Crippen LogP contribution in [-0.2, 0) is 4.79 Å². The van der Waals surface area contributed by atoms with Crippen LogP contribution in [0.2, 0.25) is 0 Å². The predicted molar refractivity (Wildman–Crippen MR) is 61.8 cm³/mol. The lowest BCUT2D eigenvalue weighted by molar-refractivity contribution is -0.105. The lowest BCUT2D eigenvalue weighted by Gasteiger charge is -2.15. The van der Waals surface area contributed by atoms with Gasteiger partial charge in [-0.3, -0.25) is 4.79 Å². The van der Waals surface area contributed by atoms with Crippen molar-refractivity contribution in [3.05, 3.63) is 24.3 Å². The number of rotatable bonds is 3. The average Bonchev–Trinajstić information content (AvgIpc) is 2.22. The highest BCUT2D eigenvalue weighted by Gasteiger charge is 2.00. The Hall–Kier alpha value is -1.51. The van der Waals surface area contributed by atoms with Crippen molar-refractivity contribution in [2.75, 3.05) is 24.3 Å². The molecule has 0 fully saturated rings. The molecule has 0 bridgehead atoms. The van der Waals surface area contributed by atoms with Gasteiger partial charge in [0.05, 0.1) is 11.4 Å². The number of anilines is 2. The Bertz CT molecular complexity index is 272. The molecule has 0 aliphatic rings. The Morgan fingerprint density at radius 1 is 1.21 bits per heavy atom. The van der Waals surface area contributed by atoms with Crippen molar-refractivity contribution in [1.82, 2.24) is 0 Å². The normalized spacial score (nSPS) is 8.29. The van der Waals surface area contributed by atoms with Crippen molar-refractivity contribution in [2.45, 2.75) is 13.8 Å². The molecule has 0 saturated carbocycles. The number of nitrogens with one attached hydrogen (secondary N) is 1. The van der Waals surface area contributed by atoms with Crippen molar-refractivity contribution in [2.24, 2.45) is 0 Å². The van der Waals surface area contributed by atoms with Crippen LogP contribution in [0.1, 0.15) is 13.8 Å². The number of nitrogens with zero attached hydrogens (tertiary/aromatic N) is 1. The second kappa shape index (κ2) is 6.95. The maximum atomic E-state index is 10.2. The van der Waals surface area contributed by atoms with Crippen LogP contribution in [-0.4, -0.2) is 20.5 Å². The molecule has 0 aliphatic heterocycles. The molecule has 1 N–H and O–H groups in total. The van der Waals surface area contributed by atoms with E-state index < -0.39 is 0 Å². The van der Waals surface area contributed by atoms with E-state index in [0.29, 0.717) is 6.41 Å². The molecule has 1 rings (SSSR count). The number of benzene rings is 1. The monoisotopic (exact) mass is 194 g/mol. The second-order valence-electron chi connectivity index (χ2n) is 2.67. The summed E-state index contributed by atoms with van der Waals surface area (Å²) >= 11 is 0. The highest BCUT2D eigenvalue weighted by Crippen LogP contribution is 2.22. The molecular formula is C11H18N2O. The van der Waals surface area contributed by atoms with Crippen molar-refractivity contribution in [1.29, 1.82) is 0 Å². The van der Waals surface area contributed by atoms with Gasteiger partial charge in [-0.1, -0.05) is 26.0 Å². The van der Waals surface area contributed by atoms with Crippen LogP contribution in [0.25, 0.3) is 0 Å². The van der Waals surface area contributed by atoms with E-state index in [1.54, 1.807) is 0 Å². The van der Waals surface area contributed by atoms with E-state index in [2.05, 4.69) is 5.32 Å². The molecule has 0 aromatic heterocycles. The minimum atomic E-state index is 0.683. The number of hydrogen-bond donors (Lipinski definition) is 1. The van der Waals surface area contributed by atoms with Gasteiger partial charge in [0.1, 0.15) is 0 Å². The summed E-state index contributed by atoms with van der Waals surface area (Å²) in [5, 5.41) is 2.64. The Kier molecular flexibility index (Phi) is 6.20. The van der Waals surface area contributed by atoms with E-state index in [-0.39, 0.29) is 0 Å². The first-order valence-electron chi connectivity index (χ1n) is 4.72. The third kappa shape index (κ3) is 3.47. The van der Waals surface area contributed by atoms with Gasteiger partial charge in [0.25, 0.3) is 0 Å². The zero-order chi connectivity index (χ0) is 11.0. The van der Waals surface area contributed by atoms with Crippen LogP contribution in [0.3, 0.4) is 0 Å². The summed E-state index contributed by atoms with van der Waals surface area (Å²) in [6, 6.07) is 7.64. The molecule has 0 heterocycles. The van der Waals surface area contributed by atoms with Crippen LogP contribution in [0.4, 0.5) is 11.4 Å². The molecule has 0 atom stereocenters. The van der Waals surface area contributed by atoms with Gasteiger partial charge in [-0.25, -0.2) is 0 Å². The highest BCUT2D eigenvalue weighted by molar-refractivity contribution is 5.80. The standard InChI is InChI=1S/C9H12N2O.C2H6/c1-11(2)9-6-4-3-5-8(9)10-7-12;1-2/h3-7H,1-2H3,(H,10,12);1-2H3. The summed E-state index contributed by atoms with van der Waals surface area (Å²) in [6.45, 7) is 4.00. The van der Waals surface area contributed by atoms with Crippen LogP contribution >= 0.6 is 0 Å². The molecule has 0 unspecified atom stereocenters. The van der Waals surface area contributed by atoms with Crippen molar-refractivity contribution in [3.63, 3.8) is 0 Å². The molecule has 3 nitrogen and oxygen atoms in total. The number of para-hydroxylation sites is 2. The third-order valence-electron chi connectivity index (χ3n) is 1.60. The van der Waals surface area contributed by atoms with Crippen molar-refractivity contribution in [3.8, 4) is 0 Å². The van der Waals surface area contributed by atoms with E-state index in [0.717, 1.165) is 11.4 Å². The molecule has 0 aliphatic carbocycles. The smallest absolute Gasteiger partial charge is 0.211 e. The molecule has 14 heavy (non-hydrogen) atoms. The largest absolute Gasteiger partial charge is 0.376 e. The lowest BCUT2D eigenvalue weighted by atomic mass is 10.2. The number of hydrogen-bond acceptors (Lipinski definition) is 2. The van der Waals surface area contributed by atoms with Gasteiger partial charge >= 0.3 is 0 Å². The fraction of sp³-hybridized carbons (Fsp3) is 0.364. The molecule has 3 heteroatoms.